The van der Waals surface area contributed by atoms with Crippen molar-refractivity contribution in [1.29, 1.82) is 0 Å². The molecule has 0 fully saturated rings. The Morgan fingerprint density at radius 3 is 2.90 bits per heavy atom. The van der Waals surface area contributed by atoms with Crippen LogP contribution in [0.3, 0.4) is 0 Å². The lowest BCUT2D eigenvalue weighted by Gasteiger charge is -2.03. The van der Waals surface area contributed by atoms with Gasteiger partial charge in [-0.05, 0) is 13.0 Å². The Hall–Kier alpha value is -2.26. The van der Waals surface area contributed by atoms with Gasteiger partial charge in [0.05, 0.1) is 5.69 Å². The summed E-state index contributed by atoms with van der Waals surface area (Å²) in [4.78, 5) is 9.93. The first-order valence-corrected chi connectivity index (χ1v) is 7.25. The number of benzene rings is 1. The zero-order valence-corrected chi connectivity index (χ0v) is 12.0. The summed E-state index contributed by atoms with van der Waals surface area (Å²) in [6, 6.07) is 8.36. The molecule has 1 aromatic carbocycles. The van der Waals surface area contributed by atoms with Crippen LogP contribution in [0.5, 0.6) is 0 Å². The summed E-state index contributed by atoms with van der Waals surface area (Å²) in [6.07, 6.45) is 9.47. The zero-order valence-electron chi connectivity index (χ0n) is 11.2. The van der Waals surface area contributed by atoms with Gasteiger partial charge in [0.25, 0.3) is 0 Å². The molecule has 0 atom stereocenters. The summed E-state index contributed by atoms with van der Waals surface area (Å²) in [5.41, 5.74) is 2.02. The monoisotopic (exact) mass is 278 g/mol. The molecule has 20 heavy (non-hydrogen) atoms. The number of hydrogen-bond donors (Lipinski definition) is 0. The molecule has 0 N–H and O–H groups in total. The number of nitrogens with zero attached hydrogens (tertiary/aromatic N) is 2. The smallest absolute Gasteiger partial charge is 0.128 e. The van der Waals surface area contributed by atoms with Crippen molar-refractivity contribution in [2.75, 3.05) is 0 Å². The minimum Gasteiger partial charge on any atom is -0.236 e. The summed E-state index contributed by atoms with van der Waals surface area (Å²) in [5.74, 6) is 0. The highest BCUT2D eigenvalue weighted by Gasteiger charge is 2.12. The van der Waals surface area contributed by atoms with Crippen molar-refractivity contribution in [3.8, 4) is 0 Å². The number of thiophene rings is 1. The molecule has 0 saturated carbocycles. The molecule has 2 nitrogen and oxygen atoms in total. The van der Waals surface area contributed by atoms with Crippen LogP contribution in [0.15, 0.2) is 61.5 Å². The first kappa shape index (κ1) is 12.8. The Labute approximate surface area is 121 Å². The van der Waals surface area contributed by atoms with Gasteiger partial charge in [-0.2, -0.15) is 0 Å². The van der Waals surface area contributed by atoms with E-state index in [9.17, 15) is 0 Å². The van der Waals surface area contributed by atoms with Crippen molar-refractivity contribution < 1.29 is 0 Å². The highest BCUT2D eigenvalue weighted by molar-refractivity contribution is 7.25. The van der Waals surface area contributed by atoms with Gasteiger partial charge in [0.15, 0.2) is 0 Å². The number of fused-ring (bicyclic) bond motifs is 3. The van der Waals surface area contributed by atoms with Crippen molar-refractivity contribution in [2.24, 2.45) is 0 Å². The van der Waals surface area contributed by atoms with Crippen LogP contribution >= 0.6 is 11.3 Å². The second-order valence-corrected chi connectivity index (χ2v) is 5.39. The molecule has 98 valence electrons. The SMILES string of the molecule is C=C/C=C(\C=C/C)c1ncnc2sc3ccccc3c12. The van der Waals surface area contributed by atoms with Crippen molar-refractivity contribution in [2.45, 2.75) is 6.92 Å². The molecule has 2 heterocycles. The predicted octanol–water partition coefficient (Wildman–Crippen LogP) is 4.99. The lowest BCUT2D eigenvalue weighted by molar-refractivity contribution is 1.21. The third-order valence-corrected chi connectivity index (χ3v) is 4.17. The van der Waals surface area contributed by atoms with E-state index in [0.29, 0.717) is 0 Å². The molecule has 0 aliphatic heterocycles. The van der Waals surface area contributed by atoms with Crippen LogP contribution in [-0.2, 0) is 0 Å². The maximum atomic E-state index is 4.50. The molecular weight excluding hydrogens is 264 g/mol. The fraction of sp³-hybridized carbons (Fsp3) is 0.0588. The molecule has 3 aromatic rings. The summed E-state index contributed by atoms with van der Waals surface area (Å²) in [5, 5.41) is 2.34. The first-order chi connectivity index (χ1) is 9.85. The molecule has 0 aliphatic rings. The van der Waals surface area contributed by atoms with E-state index in [4.69, 9.17) is 0 Å². The van der Waals surface area contributed by atoms with E-state index in [0.717, 1.165) is 21.5 Å². The minimum atomic E-state index is 0.963. The van der Waals surface area contributed by atoms with Gasteiger partial charge in [-0.3, -0.25) is 0 Å². The van der Waals surface area contributed by atoms with Gasteiger partial charge in [0, 0.05) is 21.0 Å². The van der Waals surface area contributed by atoms with Gasteiger partial charge < -0.3 is 0 Å². The third kappa shape index (κ3) is 2.06. The topological polar surface area (TPSA) is 25.8 Å². The maximum Gasteiger partial charge on any atom is 0.128 e. The highest BCUT2D eigenvalue weighted by Crippen LogP contribution is 2.36. The Morgan fingerprint density at radius 1 is 1.25 bits per heavy atom. The molecule has 0 amide bonds. The minimum absolute atomic E-state index is 0.963. The van der Waals surface area contributed by atoms with Gasteiger partial charge in [0.1, 0.15) is 11.2 Å². The maximum absolute atomic E-state index is 4.50. The van der Waals surface area contributed by atoms with Crippen LogP contribution < -0.4 is 0 Å². The van der Waals surface area contributed by atoms with E-state index in [1.54, 1.807) is 23.7 Å². The van der Waals surface area contributed by atoms with Crippen molar-refractivity contribution in [1.82, 2.24) is 9.97 Å². The van der Waals surface area contributed by atoms with Crippen LogP contribution in [0.25, 0.3) is 25.9 Å². The molecule has 0 saturated heterocycles. The van der Waals surface area contributed by atoms with Gasteiger partial charge in [-0.1, -0.05) is 49.1 Å². The Morgan fingerprint density at radius 2 is 2.10 bits per heavy atom. The second-order valence-electron chi connectivity index (χ2n) is 4.36. The average Bonchev–Trinajstić information content (AvgIpc) is 2.85. The van der Waals surface area contributed by atoms with E-state index in [2.05, 4.69) is 46.9 Å². The molecule has 2 aromatic heterocycles. The molecule has 3 rings (SSSR count). The first-order valence-electron chi connectivity index (χ1n) is 6.43. The van der Waals surface area contributed by atoms with E-state index in [1.807, 2.05) is 19.1 Å². The normalized spacial score (nSPS) is 12.6. The Balaban J connectivity index is 2.41. The molecule has 0 aliphatic carbocycles. The van der Waals surface area contributed by atoms with E-state index in [-0.39, 0.29) is 0 Å². The molecule has 3 heteroatoms. The number of hydrogen-bond acceptors (Lipinski definition) is 3. The standard InChI is InChI=1S/C17H14N2S/c1-3-7-12(8-4-2)16-15-13-9-5-6-10-14(13)20-17(15)19-11-18-16/h3-11H,1H2,2H3/b8-4-,12-7+. The third-order valence-electron chi connectivity index (χ3n) is 3.09. The number of aromatic nitrogens is 2. The average molecular weight is 278 g/mol. The number of rotatable bonds is 3. The lowest BCUT2D eigenvalue weighted by atomic mass is 10.1. The van der Waals surface area contributed by atoms with Crippen LogP contribution in [0.1, 0.15) is 12.6 Å². The summed E-state index contributed by atoms with van der Waals surface area (Å²) >= 11 is 1.70. The fourth-order valence-corrected chi connectivity index (χ4v) is 3.34. The molecule has 0 unspecified atom stereocenters. The molecular formula is C17H14N2S. The van der Waals surface area contributed by atoms with E-state index >= 15 is 0 Å². The van der Waals surface area contributed by atoms with E-state index in [1.165, 1.54) is 10.1 Å². The molecule has 0 bridgehead atoms. The van der Waals surface area contributed by atoms with Crippen LogP contribution in [-0.4, -0.2) is 9.97 Å². The van der Waals surface area contributed by atoms with Gasteiger partial charge in [0.2, 0.25) is 0 Å². The Bertz CT molecular complexity index is 840. The van der Waals surface area contributed by atoms with Crippen molar-refractivity contribution >= 4 is 37.2 Å². The van der Waals surface area contributed by atoms with Gasteiger partial charge in [-0.15, -0.1) is 11.3 Å². The van der Waals surface area contributed by atoms with E-state index < -0.39 is 0 Å². The van der Waals surface area contributed by atoms with Crippen LogP contribution in [0.2, 0.25) is 0 Å². The largest absolute Gasteiger partial charge is 0.236 e. The summed E-state index contributed by atoms with van der Waals surface area (Å²) in [6.45, 7) is 5.79. The molecule has 0 spiro atoms. The summed E-state index contributed by atoms with van der Waals surface area (Å²) < 4.78 is 1.24. The predicted molar refractivity (Wildman–Crippen MR) is 87.9 cm³/mol. The highest BCUT2D eigenvalue weighted by atomic mass is 32.1. The summed E-state index contributed by atoms with van der Waals surface area (Å²) in [7, 11) is 0. The van der Waals surface area contributed by atoms with Gasteiger partial charge >= 0.3 is 0 Å². The van der Waals surface area contributed by atoms with Crippen LogP contribution in [0.4, 0.5) is 0 Å². The zero-order chi connectivity index (χ0) is 13.9. The number of allylic oxidation sites excluding steroid dienone is 5. The van der Waals surface area contributed by atoms with Crippen molar-refractivity contribution in [3.05, 3.63) is 67.2 Å². The van der Waals surface area contributed by atoms with Crippen molar-refractivity contribution in [3.63, 3.8) is 0 Å². The van der Waals surface area contributed by atoms with Crippen LogP contribution in [0, 0.1) is 0 Å². The second kappa shape index (κ2) is 5.39. The fourth-order valence-electron chi connectivity index (χ4n) is 2.29. The lowest BCUT2D eigenvalue weighted by Crippen LogP contribution is -1.89. The van der Waals surface area contributed by atoms with Gasteiger partial charge in [-0.25, -0.2) is 9.97 Å². The Kier molecular flexibility index (Phi) is 3.44. The molecule has 0 radical (unpaired) electrons. The quantitative estimate of drug-likeness (QED) is 0.631.